The van der Waals surface area contributed by atoms with Gasteiger partial charge >= 0.3 is 0 Å². The molecular formula is C6H11F2NO2S. The van der Waals surface area contributed by atoms with Crippen LogP contribution in [-0.4, -0.2) is 38.9 Å². The van der Waals surface area contributed by atoms with Gasteiger partial charge in [-0.15, -0.1) is 0 Å². The summed E-state index contributed by atoms with van der Waals surface area (Å²) < 4.78 is 46.0. The van der Waals surface area contributed by atoms with E-state index in [-0.39, 0.29) is 12.3 Å². The van der Waals surface area contributed by atoms with Crippen LogP contribution in [0.1, 0.15) is 6.42 Å². The second-order valence-corrected chi connectivity index (χ2v) is 5.22. The molecule has 72 valence electrons. The molecule has 1 N–H and O–H groups in total. The highest BCUT2D eigenvalue weighted by Gasteiger charge is 2.30. The van der Waals surface area contributed by atoms with Crippen molar-refractivity contribution in [2.45, 2.75) is 18.1 Å². The molecule has 3 nitrogen and oxygen atoms in total. The maximum atomic E-state index is 11.9. The van der Waals surface area contributed by atoms with Crippen molar-refractivity contribution in [3.8, 4) is 0 Å². The first-order chi connectivity index (χ1) is 5.52. The molecule has 1 aliphatic rings. The second-order valence-electron chi connectivity index (χ2n) is 2.82. The number of nitrogens with one attached hydrogen (secondary N) is 1. The molecule has 0 aromatic rings. The summed E-state index contributed by atoms with van der Waals surface area (Å²) in [6, 6.07) is 0. The molecule has 0 spiro atoms. The number of hydrogen-bond acceptors (Lipinski definition) is 3. The summed E-state index contributed by atoms with van der Waals surface area (Å²) in [7, 11) is -3.26. The third-order valence-electron chi connectivity index (χ3n) is 1.88. The van der Waals surface area contributed by atoms with E-state index in [1.165, 1.54) is 0 Å². The fourth-order valence-electron chi connectivity index (χ4n) is 1.20. The Morgan fingerprint density at radius 1 is 1.50 bits per heavy atom. The van der Waals surface area contributed by atoms with Gasteiger partial charge in [0.1, 0.15) is 0 Å². The summed E-state index contributed by atoms with van der Waals surface area (Å²) in [5.41, 5.74) is 0. The van der Waals surface area contributed by atoms with Gasteiger partial charge in [0.05, 0.1) is 11.0 Å². The summed E-state index contributed by atoms with van der Waals surface area (Å²) in [4.78, 5) is 0. The summed E-state index contributed by atoms with van der Waals surface area (Å²) in [5, 5.41) is 1.89. The lowest BCUT2D eigenvalue weighted by Gasteiger charge is -2.22. The Hall–Kier alpha value is -0.230. The van der Waals surface area contributed by atoms with Crippen molar-refractivity contribution >= 4 is 9.84 Å². The van der Waals surface area contributed by atoms with Gasteiger partial charge in [-0.2, -0.15) is 0 Å². The van der Waals surface area contributed by atoms with Gasteiger partial charge in [-0.1, -0.05) is 0 Å². The first-order valence-electron chi connectivity index (χ1n) is 3.73. The SMILES string of the molecule is O=S1(=O)CCNCC1CC(F)F. The zero-order chi connectivity index (χ0) is 9.19. The molecule has 6 heteroatoms. The average molecular weight is 199 g/mol. The molecule has 1 saturated heterocycles. The molecule has 0 aliphatic carbocycles. The Kier molecular flexibility index (Phi) is 3.00. The van der Waals surface area contributed by atoms with E-state index in [0.29, 0.717) is 6.54 Å². The highest BCUT2D eigenvalue weighted by atomic mass is 32.2. The molecule has 0 bridgehead atoms. The van der Waals surface area contributed by atoms with E-state index in [2.05, 4.69) is 5.32 Å². The van der Waals surface area contributed by atoms with Crippen molar-refractivity contribution in [3.63, 3.8) is 0 Å². The Morgan fingerprint density at radius 3 is 2.67 bits per heavy atom. The van der Waals surface area contributed by atoms with Gasteiger partial charge in [-0.25, -0.2) is 17.2 Å². The van der Waals surface area contributed by atoms with Crippen molar-refractivity contribution in [1.82, 2.24) is 5.32 Å². The molecule has 1 fully saturated rings. The van der Waals surface area contributed by atoms with Gasteiger partial charge in [0.25, 0.3) is 0 Å². The van der Waals surface area contributed by atoms with Crippen LogP contribution < -0.4 is 5.32 Å². The minimum Gasteiger partial charge on any atom is -0.314 e. The summed E-state index contributed by atoms with van der Waals surface area (Å²) >= 11 is 0. The molecule has 12 heavy (non-hydrogen) atoms. The van der Waals surface area contributed by atoms with E-state index in [4.69, 9.17) is 0 Å². The first kappa shape index (κ1) is 9.85. The molecular weight excluding hydrogens is 188 g/mol. The van der Waals surface area contributed by atoms with E-state index < -0.39 is 27.9 Å². The van der Waals surface area contributed by atoms with Crippen molar-refractivity contribution in [2.24, 2.45) is 0 Å². The van der Waals surface area contributed by atoms with Gasteiger partial charge in [0.2, 0.25) is 6.43 Å². The molecule has 1 heterocycles. The van der Waals surface area contributed by atoms with E-state index in [0.717, 1.165) is 0 Å². The van der Waals surface area contributed by atoms with E-state index >= 15 is 0 Å². The zero-order valence-corrected chi connectivity index (χ0v) is 7.28. The number of rotatable bonds is 2. The van der Waals surface area contributed by atoms with Crippen LogP contribution >= 0.6 is 0 Å². The molecule has 1 rings (SSSR count). The van der Waals surface area contributed by atoms with Gasteiger partial charge in [0.15, 0.2) is 9.84 Å². The van der Waals surface area contributed by atoms with Gasteiger partial charge < -0.3 is 5.32 Å². The second kappa shape index (κ2) is 3.66. The molecule has 0 amide bonds. The first-order valence-corrected chi connectivity index (χ1v) is 5.44. The molecule has 1 aliphatic heterocycles. The Labute approximate surface area is 70.1 Å². The predicted molar refractivity (Wildman–Crippen MR) is 41.1 cm³/mol. The van der Waals surface area contributed by atoms with E-state index in [1.54, 1.807) is 0 Å². The minimum atomic E-state index is -3.26. The van der Waals surface area contributed by atoms with E-state index in [1.807, 2.05) is 0 Å². The van der Waals surface area contributed by atoms with Crippen LogP contribution in [0.5, 0.6) is 0 Å². The molecule has 0 aromatic carbocycles. The highest BCUT2D eigenvalue weighted by Crippen LogP contribution is 2.14. The number of hydrogen-bond donors (Lipinski definition) is 1. The zero-order valence-electron chi connectivity index (χ0n) is 6.46. The van der Waals surface area contributed by atoms with Crippen LogP contribution in [0.2, 0.25) is 0 Å². The minimum absolute atomic E-state index is 0.0234. The van der Waals surface area contributed by atoms with Gasteiger partial charge in [-0.05, 0) is 0 Å². The number of alkyl halides is 2. The maximum Gasteiger partial charge on any atom is 0.239 e. The van der Waals surface area contributed by atoms with Gasteiger partial charge in [-0.3, -0.25) is 0 Å². The predicted octanol–water partition coefficient (Wildman–Crippen LogP) is 0.0282. The summed E-state index contributed by atoms with van der Waals surface area (Å²) in [6.07, 6.45) is -3.08. The maximum absolute atomic E-state index is 11.9. The van der Waals surface area contributed by atoms with Crippen molar-refractivity contribution in [1.29, 1.82) is 0 Å². The van der Waals surface area contributed by atoms with Crippen LogP contribution in [0.25, 0.3) is 0 Å². The normalized spacial score (nSPS) is 29.1. The van der Waals surface area contributed by atoms with Crippen molar-refractivity contribution < 1.29 is 17.2 Å². The Morgan fingerprint density at radius 2 is 2.17 bits per heavy atom. The highest BCUT2D eigenvalue weighted by molar-refractivity contribution is 7.92. The summed E-state index contributed by atoms with van der Waals surface area (Å²) in [6.45, 7) is 0.536. The van der Waals surface area contributed by atoms with Crippen molar-refractivity contribution in [3.05, 3.63) is 0 Å². The fourth-order valence-corrected chi connectivity index (χ4v) is 2.77. The van der Waals surface area contributed by atoms with Crippen LogP contribution in [0, 0.1) is 0 Å². The third-order valence-corrected chi connectivity index (χ3v) is 4.03. The largest absolute Gasteiger partial charge is 0.314 e. The van der Waals surface area contributed by atoms with Gasteiger partial charge in [0, 0.05) is 19.5 Å². The quantitative estimate of drug-likeness (QED) is 0.682. The topological polar surface area (TPSA) is 46.2 Å². The lowest BCUT2D eigenvalue weighted by molar-refractivity contribution is 0.135. The van der Waals surface area contributed by atoms with Crippen molar-refractivity contribution in [2.75, 3.05) is 18.8 Å². The fraction of sp³-hybridized carbons (Fsp3) is 1.00. The number of halogens is 2. The molecule has 0 radical (unpaired) electrons. The van der Waals surface area contributed by atoms with Crippen LogP contribution in [0.4, 0.5) is 8.78 Å². The molecule has 1 unspecified atom stereocenters. The molecule has 0 saturated carbocycles. The monoisotopic (exact) mass is 199 g/mol. The van der Waals surface area contributed by atoms with Crippen LogP contribution in [0.15, 0.2) is 0 Å². The standard InChI is InChI=1S/C6H11F2NO2S/c7-6(8)3-5-4-9-1-2-12(5,10)11/h5-6,9H,1-4H2. The number of sulfone groups is 1. The van der Waals surface area contributed by atoms with Crippen LogP contribution in [0.3, 0.4) is 0 Å². The molecule has 1 atom stereocenters. The lowest BCUT2D eigenvalue weighted by Crippen LogP contribution is -2.44. The molecule has 0 aromatic heterocycles. The Bertz CT molecular complexity index is 240. The average Bonchev–Trinajstić information content (AvgIpc) is 1.92. The third kappa shape index (κ3) is 2.38. The smallest absolute Gasteiger partial charge is 0.239 e. The van der Waals surface area contributed by atoms with E-state index in [9.17, 15) is 17.2 Å². The lowest BCUT2D eigenvalue weighted by atomic mass is 10.3. The van der Waals surface area contributed by atoms with Crippen LogP contribution in [-0.2, 0) is 9.84 Å². The summed E-state index contributed by atoms with van der Waals surface area (Å²) in [5.74, 6) is -0.0234. The Balaban J connectivity index is 2.61.